The molecular formula is C11H17N5O3. The van der Waals surface area contributed by atoms with Gasteiger partial charge in [-0.2, -0.15) is 0 Å². The second kappa shape index (κ2) is 5.68. The summed E-state index contributed by atoms with van der Waals surface area (Å²) in [5, 5.41) is 21.9. The fourth-order valence-corrected chi connectivity index (χ4v) is 2.20. The average Bonchev–Trinajstić information content (AvgIpc) is 2.96. The van der Waals surface area contributed by atoms with Crippen molar-refractivity contribution in [3.05, 3.63) is 12.2 Å². The summed E-state index contributed by atoms with van der Waals surface area (Å²) < 4.78 is 1.72. The Balaban J connectivity index is 1.73. The predicted molar refractivity (Wildman–Crippen MR) is 65.1 cm³/mol. The molecule has 0 radical (unpaired) electrons. The summed E-state index contributed by atoms with van der Waals surface area (Å²) in [5.74, 6) is -0.474. The second-order valence-corrected chi connectivity index (χ2v) is 4.73. The molecule has 8 heteroatoms. The molecule has 1 heterocycles. The highest BCUT2D eigenvalue weighted by Gasteiger charge is 2.30. The van der Waals surface area contributed by atoms with E-state index in [1.165, 1.54) is 0 Å². The molecule has 2 unspecified atom stereocenters. The Kier molecular flexibility index (Phi) is 3.98. The van der Waals surface area contributed by atoms with E-state index in [1.807, 2.05) is 0 Å². The zero-order valence-corrected chi connectivity index (χ0v) is 10.7. The third-order valence-electron chi connectivity index (χ3n) is 3.33. The van der Waals surface area contributed by atoms with Crippen LogP contribution >= 0.6 is 0 Å². The van der Waals surface area contributed by atoms with Crippen molar-refractivity contribution in [2.75, 3.05) is 0 Å². The van der Waals surface area contributed by atoms with Crippen LogP contribution in [0.1, 0.15) is 25.1 Å². The number of amides is 2. The van der Waals surface area contributed by atoms with Crippen molar-refractivity contribution in [3.63, 3.8) is 0 Å². The van der Waals surface area contributed by atoms with Crippen LogP contribution < -0.4 is 10.6 Å². The van der Waals surface area contributed by atoms with Gasteiger partial charge in [0.05, 0.1) is 12.5 Å². The molecule has 19 heavy (non-hydrogen) atoms. The van der Waals surface area contributed by atoms with Gasteiger partial charge in [-0.05, 0) is 19.3 Å². The number of aryl methyl sites for hydroxylation is 1. The number of aliphatic carboxylic acids is 1. The van der Waals surface area contributed by atoms with E-state index in [4.69, 9.17) is 5.11 Å². The third kappa shape index (κ3) is 3.43. The number of aromatic nitrogens is 3. The number of urea groups is 1. The molecule has 1 aliphatic carbocycles. The van der Waals surface area contributed by atoms with Crippen molar-refractivity contribution in [2.24, 2.45) is 13.0 Å². The Labute approximate surface area is 110 Å². The highest BCUT2D eigenvalue weighted by atomic mass is 16.4. The van der Waals surface area contributed by atoms with Crippen LogP contribution in [0.3, 0.4) is 0 Å². The molecule has 0 saturated heterocycles. The maximum atomic E-state index is 11.7. The fourth-order valence-electron chi connectivity index (χ4n) is 2.20. The van der Waals surface area contributed by atoms with Crippen LogP contribution in [0.5, 0.6) is 0 Å². The monoisotopic (exact) mass is 267 g/mol. The number of rotatable bonds is 4. The van der Waals surface area contributed by atoms with Gasteiger partial charge in [-0.25, -0.2) is 4.79 Å². The van der Waals surface area contributed by atoms with E-state index in [0.29, 0.717) is 25.1 Å². The molecule has 0 aliphatic heterocycles. The number of nitrogens with one attached hydrogen (secondary N) is 2. The second-order valence-electron chi connectivity index (χ2n) is 4.73. The number of hydrogen-bond acceptors (Lipinski definition) is 4. The molecule has 104 valence electrons. The Morgan fingerprint density at radius 3 is 2.89 bits per heavy atom. The zero-order chi connectivity index (χ0) is 13.8. The van der Waals surface area contributed by atoms with Crippen LogP contribution in [0.15, 0.2) is 6.33 Å². The van der Waals surface area contributed by atoms with E-state index in [9.17, 15) is 9.59 Å². The number of carboxylic acids is 1. The van der Waals surface area contributed by atoms with Crippen LogP contribution in [0, 0.1) is 5.92 Å². The Bertz CT molecular complexity index is 473. The number of carboxylic acid groups (broad SMARTS) is 1. The van der Waals surface area contributed by atoms with Gasteiger partial charge in [-0.15, -0.1) is 10.2 Å². The van der Waals surface area contributed by atoms with E-state index < -0.39 is 5.97 Å². The molecule has 1 aromatic heterocycles. The van der Waals surface area contributed by atoms with Gasteiger partial charge in [0.1, 0.15) is 6.33 Å². The van der Waals surface area contributed by atoms with Gasteiger partial charge in [0.25, 0.3) is 0 Å². The molecule has 1 saturated carbocycles. The van der Waals surface area contributed by atoms with Crippen molar-refractivity contribution in [3.8, 4) is 0 Å². The summed E-state index contributed by atoms with van der Waals surface area (Å²) in [6.45, 7) is 0.289. The number of hydrogen-bond donors (Lipinski definition) is 3. The highest BCUT2D eigenvalue weighted by molar-refractivity contribution is 5.75. The van der Waals surface area contributed by atoms with Gasteiger partial charge >= 0.3 is 12.0 Å². The normalized spacial score (nSPS) is 22.2. The Hall–Kier alpha value is -2.12. The molecular weight excluding hydrogens is 250 g/mol. The SMILES string of the molecule is Cn1cnnc1CNC(=O)NC1CCC(C(=O)O)C1. The molecule has 1 fully saturated rings. The quantitative estimate of drug-likeness (QED) is 0.704. The Morgan fingerprint density at radius 2 is 2.32 bits per heavy atom. The maximum Gasteiger partial charge on any atom is 0.315 e. The van der Waals surface area contributed by atoms with E-state index in [2.05, 4.69) is 20.8 Å². The summed E-state index contributed by atoms with van der Waals surface area (Å²) in [6, 6.07) is -0.375. The lowest BCUT2D eigenvalue weighted by molar-refractivity contribution is -0.141. The molecule has 8 nitrogen and oxygen atoms in total. The van der Waals surface area contributed by atoms with Crippen LogP contribution in [0.4, 0.5) is 4.79 Å². The molecule has 0 bridgehead atoms. The summed E-state index contributed by atoms with van der Waals surface area (Å²) in [4.78, 5) is 22.5. The number of carbonyl (C=O) groups is 2. The van der Waals surface area contributed by atoms with Crippen molar-refractivity contribution in [2.45, 2.75) is 31.8 Å². The van der Waals surface area contributed by atoms with E-state index in [0.717, 1.165) is 0 Å². The van der Waals surface area contributed by atoms with Crippen molar-refractivity contribution >= 4 is 12.0 Å². The lowest BCUT2D eigenvalue weighted by Crippen LogP contribution is -2.41. The smallest absolute Gasteiger partial charge is 0.315 e. The molecule has 1 aliphatic rings. The zero-order valence-electron chi connectivity index (χ0n) is 10.7. The van der Waals surface area contributed by atoms with Gasteiger partial charge in [0, 0.05) is 13.1 Å². The van der Waals surface area contributed by atoms with Crippen LogP contribution in [0.2, 0.25) is 0 Å². The van der Waals surface area contributed by atoms with E-state index in [-0.39, 0.29) is 24.5 Å². The summed E-state index contributed by atoms with van der Waals surface area (Å²) in [5.41, 5.74) is 0. The van der Waals surface area contributed by atoms with Crippen molar-refractivity contribution in [1.29, 1.82) is 0 Å². The Morgan fingerprint density at radius 1 is 1.53 bits per heavy atom. The van der Waals surface area contributed by atoms with Crippen molar-refractivity contribution in [1.82, 2.24) is 25.4 Å². The minimum Gasteiger partial charge on any atom is -0.481 e. The lowest BCUT2D eigenvalue weighted by Gasteiger charge is -2.13. The summed E-state index contributed by atoms with van der Waals surface area (Å²) >= 11 is 0. The van der Waals surface area contributed by atoms with Gasteiger partial charge in [-0.1, -0.05) is 0 Å². The number of carbonyl (C=O) groups excluding carboxylic acids is 1. The average molecular weight is 267 g/mol. The molecule has 0 spiro atoms. The standard InChI is InChI=1S/C11H17N5O3/c1-16-6-13-15-9(16)5-12-11(19)14-8-3-2-7(4-8)10(17)18/h6-8H,2-5H2,1H3,(H,17,18)(H2,12,14,19). The lowest BCUT2D eigenvalue weighted by atomic mass is 10.1. The minimum absolute atomic E-state index is 0.0689. The van der Waals surface area contributed by atoms with Gasteiger partial charge in [0.2, 0.25) is 0 Å². The first-order valence-electron chi connectivity index (χ1n) is 6.16. The minimum atomic E-state index is -0.788. The molecule has 2 atom stereocenters. The molecule has 1 aromatic rings. The third-order valence-corrected chi connectivity index (χ3v) is 3.33. The number of nitrogens with zero attached hydrogens (tertiary/aromatic N) is 3. The van der Waals surface area contributed by atoms with Gasteiger partial charge < -0.3 is 20.3 Å². The molecule has 2 amide bonds. The topological polar surface area (TPSA) is 109 Å². The van der Waals surface area contributed by atoms with E-state index >= 15 is 0 Å². The first kappa shape index (κ1) is 13.3. The van der Waals surface area contributed by atoms with Gasteiger partial charge in [-0.3, -0.25) is 4.79 Å². The van der Waals surface area contributed by atoms with Gasteiger partial charge in [0.15, 0.2) is 5.82 Å². The van der Waals surface area contributed by atoms with E-state index in [1.54, 1.807) is 17.9 Å². The molecule has 3 N–H and O–H groups in total. The molecule has 2 rings (SSSR count). The largest absolute Gasteiger partial charge is 0.481 e. The molecule has 0 aromatic carbocycles. The van der Waals surface area contributed by atoms with Crippen LogP contribution in [0.25, 0.3) is 0 Å². The fraction of sp³-hybridized carbons (Fsp3) is 0.636. The predicted octanol–water partition coefficient (Wildman–Crippen LogP) is -0.132. The van der Waals surface area contributed by atoms with Crippen molar-refractivity contribution < 1.29 is 14.7 Å². The first-order chi connectivity index (χ1) is 9.06. The highest BCUT2D eigenvalue weighted by Crippen LogP contribution is 2.25. The van der Waals surface area contributed by atoms with Crippen LogP contribution in [-0.2, 0) is 18.4 Å². The van der Waals surface area contributed by atoms with Crippen LogP contribution in [-0.4, -0.2) is 37.9 Å². The summed E-state index contributed by atoms with van der Waals surface area (Å²) in [7, 11) is 1.79. The maximum absolute atomic E-state index is 11.7. The first-order valence-corrected chi connectivity index (χ1v) is 6.16. The summed E-state index contributed by atoms with van der Waals surface area (Å²) in [6.07, 6.45) is 3.37.